The number of hydrogen-bond acceptors (Lipinski definition) is 4. The van der Waals surface area contributed by atoms with E-state index in [9.17, 15) is 0 Å². The molecule has 2 unspecified atom stereocenters. The van der Waals surface area contributed by atoms with Crippen molar-refractivity contribution in [2.75, 3.05) is 18.5 Å². The molecule has 0 saturated heterocycles. The van der Waals surface area contributed by atoms with Crippen LogP contribution in [0.3, 0.4) is 0 Å². The Morgan fingerprint density at radius 2 is 2.13 bits per heavy atom. The molecule has 1 fully saturated rings. The topological polar surface area (TPSA) is 55.0 Å². The van der Waals surface area contributed by atoms with Crippen molar-refractivity contribution in [1.29, 1.82) is 0 Å². The van der Waals surface area contributed by atoms with E-state index in [1.807, 2.05) is 6.07 Å². The highest BCUT2D eigenvalue weighted by atomic mass is 15.3. The van der Waals surface area contributed by atoms with Crippen molar-refractivity contribution in [3.63, 3.8) is 0 Å². The number of aromatic nitrogens is 2. The van der Waals surface area contributed by atoms with Crippen LogP contribution in [0, 0.1) is 5.92 Å². The second-order valence-electron chi connectivity index (χ2n) is 4.15. The van der Waals surface area contributed by atoms with E-state index in [-0.39, 0.29) is 0 Å². The molecule has 2 rings (SSSR count). The average molecular weight is 206 g/mol. The summed E-state index contributed by atoms with van der Waals surface area (Å²) in [7, 11) is 2.06. The van der Waals surface area contributed by atoms with E-state index in [1.54, 1.807) is 12.4 Å². The van der Waals surface area contributed by atoms with Gasteiger partial charge >= 0.3 is 0 Å². The van der Waals surface area contributed by atoms with Gasteiger partial charge < -0.3 is 10.6 Å². The van der Waals surface area contributed by atoms with Crippen molar-refractivity contribution in [3.8, 4) is 0 Å². The molecule has 0 aliphatic heterocycles. The maximum Gasteiger partial charge on any atom is 0.225 e. The Labute approximate surface area is 90.5 Å². The molecule has 0 bridgehead atoms. The normalized spacial score (nSPS) is 25.5. The molecule has 4 nitrogen and oxygen atoms in total. The average Bonchev–Trinajstić information content (AvgIpc) is 2.77. The minimum Gasteiger partial charge on any atom is -0.341 e. The fourth-order valence-corrected chi connectivity index (χ4v) is 2.42. The molecule has 1 aliphatic carbocycles. The number of nitrogens with zero attached hydrogens (tertiary/aromatic N) is 3. The van der Waals surface area contributed by atoms with Gasteiger partial charge in [-0.3, -0.25) is 0 Å². The van der Waals surface area contributed by atoms with Crippen LogP contribution in [-0.2, 0) is 0 Å². The minimum atomic E-state index is 0.511. The van der Waals surface area contributed by atoms with Crippen LogP contribution in [0.25, 0.3) is 0 Å². The summed E-state index contributed by atoms with van der Waals surface area (Å²) in [6.07, 6.45) is 7.27. The summed E-state index contributed by atoms with van der Waals surface area (Å²) < 4.78 is 0. The van der Waals surface area contributed by atoms with E-state index < -0.39 is 0 Å². The highest BCUT2D eigenvalue weighted by Crippen LogP contribution is 2.29. The molecule has 4 heteroatoms. The van der Waals surface area contributed by atoms with E-state index in [0.29, 0.717) is 12.0 Å². The molecule has 2 N–H and O–H groups in total. The maximum atomic E-state index is 5.77. The highest BCUT2D eigenvalue weighted by molar-refractivity contribution is 5.29. The van der Waals surface area contributed by atoms with Crippen LogP contribution in [0.2, 0.25) is 0 Å². The van der Waals surface area contributed by atoms with Gasteiger partial charge in [-0.05, 0) is 31.4 Å². The van der Waals surface area contributed by atoms with Gasteiger partial charge in [0.25, 0.3) is 0 Å². The number of anilines is 1. The van der Waals surface area contributed by atoms with Crippen LogP contribution in [0.1, 0.15) is 19.3 Å². The highest BCUT2D eigenvalue weighted by Gasteiger charge is 2.30. The summed E-state index contributed by atoms with van der Waals surface area (Å²) in [5, 5.41) is 0. The van der Waals surface area contributed by atoms with E-state index in [4.69, 9.17) is 5.73 Å². The van der Waals surface area contributed by atoms with E-state index >= 15 is 0 Å². The molecule has 15 heavy (non-hydrogen) atoms. The van der Waals surface area contributed by atoms with E-state index in [0.717, 1.165) is 12.5 Å². The Kier molecular flexibility index (Phi) is 3.16. The van der Waals surface area contributed by atoms with Crippen molar-refractivity contribution in [2.45, 2.75) is 25.3 Å². The van der Waals surface area contributed by atoms with Crippen LogP contribution in [0.5, 0.6) is 0 Å². The first-order valence-electron chi connectivity index (χ1n) is 5.53. The third-order valence-corrected chi connectivity index (χ3v) is 3.29. The van der Waals surface area contributed by atoms with Gasteiger partial charge in [0.1, 0.15) is 0 Å². The standard InChI is InChI=1S/C11H18N4/c1-15(11-13-6-3-7-14-11)10-5-2-4-9(10)8-12/h3,6-7,9-10H,2,4-5,8,12H2,1H3. The summed E-state index contributed by atoms with van der Waals surface area (Å²) in [6.45, 7) is 0.766. The molecule has 0 spiro atoms. The van der Waals surface area contributed by atoms with Crippen LogP contribution in [-0.4, -0.2) is 29.6 Å². The third kappa shape index (κ3) is 2.09. The van der Waals surface area contributed by atoms with Gasteiger partial charge in [-0.15, -0.1) is 0 Å². The van der Waals surface area contributed by atoms with Crippen LogP contribution < -0.4 is 10.6 Å². The molecule has 1 aliphatic rings. The maximum absolute atomic E-state index is 5.77. The van der Waals surface area contributed by atoms with Crippen molar-refractivity contribution in [3.05, 3.63) is 18.5 Å². The Bertz CT molecular complexity index is 301. The quantitative estimate of drug-likeness (QED) is 0.803. The minimum absolute atomic E-state index is 0.511. The Hall–Kier alpha value is -1.16. The zero-order valence-corrected chi connectivity index (χ0v) is 9.13. The molecule has 0 radical (unpaired) electrons. The lowest BCUT2D eigenvalue weighted by atomic mass is 10.0. The van der Waals surface area contributed by atoms with E-state index in [2.05, 4.69) is 21.9 Å². The first kappa shape index (κ1) is 10.4. The fraction of sp³-hybridized carbons (Fsp3) is 0.636. The molecule has 1 saturated carbocycles. The number of rotatable bonds is 3. The molecule has 1 aromatic heterocycles. The van der Waals surface area contributed by atoms with Gasteiger partial charge in [0.2, 0.25) is 5.95 Å². The summed E-state index contributed by atoms with van der Waals surface area (Å²) >= 11 is 0. The Morgan fingerprint density at radius 1 is 1.40 bits per heavy atom. The Morgan fingerprint density at radius 3 is 2.80 bits per heavy atom. The first-order chi connectivity index (χ1) is 7.33. The van der Waals surface area contributed by atoms with Crippen molar-refractivity contribution in [1.82, 2.24) is 9.97 Å². The molecular weight excluding hydrogens is 188 g/mol. The lowest BCUT2D eigenvalue weighted by Crippen LogP contribution is -2.38. The molecule has 1 heterocycles. The monoisotopic (exact) mass is 206 g/mol. The number of hydrogen-bond donors (Lipinski definition) is 1. The lowest BCUT2D eigenvalue weighted by Gasteiger charge is -2.28. The van der Waals surface area contributed by atoms with Gasteiger partial charge in [-0.2, -0.15) is 0 Å². The Balaban J connectivity index is 2.10. The molecular formula is C11H18N4. The van der Waals surface area contributed by atoms with Crippen LogP contribution in [0.4, 0.5) is 5.95 Å². The van der Waals surface area contributed by atoms with Gasteiger partial charge in [-0.25, -0.2) is 9.97 Å². The molecule has 0 aromatic carbocycles. The lowest BCUT2D eigenvalue weighted by molar-refractivity contribution is 0.469. The second-order valence-corrected chi connectivity index (χ2v) is 4.15. The first-order valence-corrected chi connectivity index (χ1v) is 5.53. The van der Waals surface area contributed by atoms with Gasteiger partial charge in [0, 0.05) is 25.5 Å². The zero-order valence-electron chi connectivity index (χ0n) is 9.13. The van der Waals surface area contributed by atoms with Crippen LogP contribution in [0.15, 0.2) is 18.5 Å². The van der Waals surface area contributed by atoms with Crippen molar-refractivity contribution >= 4 is 5.95 Å². The SMILES string of the molecule is CN(c1ncccn1)C1CCCC1CN. The van der Waals surface area contributed by atoms with Crippen molar-refractivity contribution in [2.24, 2.45) is 11.7 Å². The summed E-state index contributed by atoms with van der Waals surface area (Å²) in [5.74, 6) is 1.40. The smallest absolute Gasteiger partial charge is 0.225 e. The molecule has 2 atom stereocenters. The van der Waals surface area contributed by atoms with Gasteiger partial charge in [0.15, 0.2) is 0 Å². The predicted molar refractivity (Wildman–Crippen MR) is 60.6 cm³/mol. The molecule has 1 aromatic rings. The fourth-order valence-electron chi connectivity index (χ4n) is 2.42. The van der Waals surface area contributed by atoms with Crippen LogP contribution >= 0.6 is 0 Å². The van der Waals surface area contributed by atoms with Gasteiger partial charge in [-0.1, -0.05) is 6.42 Å². The third-order valence-electron chi connectivity index (χ3n) is 3.29. The second kappa shape index (κ2) is 4.57. The predicted octanol–water partition coefficient (Wildman–Crippen LogP) is 1.04. The van der Waals surface area contributed by atoms with Gasteiger partial charge in [0.05, 0.1) is 0 Å². The van der Waals surface area contributed by atoms with E-state index in [1.165, 1.54) is 19.3 Å². The molecule has 82 valence electrons. The van der Waals surface area contributed by atoms with Crippen molar-refractivity contribution < 1.29 is 0 Å². The summed E-state index contributed by atoms with van der Waals surface area (Å²) in [5.41, 5.74) is 5.77. The molecule has 0 amide bonds. The zero-order chi connectivity index (χ0) is 10.7. The summed E-state index contributed by atoms with van der Waals surface area (Å²) in [4.78, 5) is 10.7. The summed E-state index contributed by atoms with van der Waals surface area (Å²) in [6, 6.07) is 2.35. The number of nitrogens with two attached hydrogens (primary N) is 1. The largest absolute Gasteiger partial charge is 0.341 e.